The molecule has 1 aromatic rings. The fourth-order valence-corrected chi connectivity index (χ4v) is 5.01. The third kappa shape index (κ3) is 8.09. The monoisotopic (exact) mass is 870 g/mol. The molecule has 0 aliphatic carbocycles. The zero-order chi connectivity index (χ0) is 27.6. The molecule has 0 heterocycles. The lowest BCUT2D eigenvalue weighted by Gasteiger charge is -2.26. The normalized spacial score (nSPS) is 13.8. The van der Waals surface area contributed by atoms with Crippen molar-refractivity contribution < 1.29 is 58.7 Å². The Morgan fingerprint density at radius 1 is 1.06 bits per heavy atom. The number of hydrogen-bond donors (Lipinski definition) is 1. The molecule has 0 saturated carbocycles. The molecule has 0 saturated heterocycles. The fraction of sp³-hybridized carbons (Fsp3) is 0.556. The third-order valence-electron chi connectivity index (χ3n) is 4.51. The van der Waals surface area contributed by atoms with Crippen LogP contribution in [-0.2, 0) is 24.4 Å². The van der Waals surface area contributed by atoms with Gasteiger partial charge < -0.3 is 14.2 Å². The summed E-state index contributed by atoms with van der Waals surface area (Å²) < 4.78 is 112. The van der Waals surface area contributed by atoms with Gasteiger partial charge in [0, 0.05) is 3.57 Å². The lowest BCUT2D eigenvalue weighted by atomic mass is 9.91. The molecule has 200 valence electrons. The summed E-state index contributed by atoms with van der Waals surface area (Å²) in [5.74, 6) is -2.45. The van der Waals surface area contributed by atoms with Crippen molar-refractivity contribution in [1.29, 1.82) is 0 Å². The number of esters is 2. The molecule has 1 unspecified atom stereocenters. The van der Waals surface area contributed by atoms with E-state index in [0.29, 0.717) is 9.99 Å². The van der Waals surface area contributed by atoms with Crippen molar-refractivity contribution in [2.45, 2.75) is 44.7 Å². The molecular weight excluding hydrogens is 852 g/mol. The van der Waals surface area contributed by atoms with Gasteiger partial charge in [0.15, 0.2) is 0 Å². The number of carbonyl (C=O) groups is 2. The van der Waals surface area contributed by atoms with E-state index in [1.165, 1.54) is 22.6 Å². The molecular formula is C18H18F5I3O8S. The number of alkyl halides is 5. The first-order valence-electron chi connectivity index (χ1n) is 9.28. The van der Waals surface area contributed by atoms with Gasteiger partial charge in [0.2, 0.25) is 0 Å². The van der Waals surface area contributed by atoms with Crippen LogP contribution in [0.4, 0.5) is 22.0 Å². The van der Waals surface area contributed by atoms with Crippen molar-refractivity contribution >= 4 is 89.8 Å². The molecule has 1 aromatic carbocycles. The first-order chi connectivity index (χ1) is 15.7. The highest BCUT2D eigenvalue weighted by Gasteiger charge is 2.66. The molecule has 35 heavy (non-hydrogen) atoms. The molecule has 0 aliphatic heterocycles. The van der Waals surface area contributed by atoms with E-state index in [-0.39, 0.29) is 26.1 Å². The minimum absolute atomic E-state index is 0.0269. The van der Waals surface area contributed by atoms with Crippen LogP contribution in [0.3, 0.4) is 0 Å². The van der Waals surface area contributed by atoms with E-state index in [2.05, 4.69) is 4.74 Å². The fourth-order valence-electron chi connectivity index (χ4n) is 2.11. The predicted molar refractivity (Wildman–Crippen MR) is 137 cm³/mol. The molecule has 1 N–H and O–H groups in total. The molecule has 0 spiro atoms. The predicted octanol–water partition coefficient (Wildman–Crippen LogP) is 5.43. The minimum atomic E-state index is -6.58. The summed E-state index contributed by atoms with van der Waals surface area (Å²) in [5.41, 5.74) is -1.36. The summed E-state index contributed by atoms with van der Waals surface area (Å²) in [7, 11) is -6.58. The quantitative estimate of drug-likeness (QED) is 0.0828. The molecule has 0 bridgehead atoms. The Kier molecular flexibility index (Phi) is 11.3. The summed E-state index contributed by atoms with van der Waals surface area (Å²) in [4.78, 5) is 24.4. The van der Waals surface area contributed by atoms with Crippen LogP contribution in [0.5, 0.6) is 5.75 Å². The molecule has 8 nitrogen and oxygen atoms in total. The maximum absolute atomic E-state index is 13.8. The zero-order valence-corrected chi connectivity index (χ0v) is 25.3. The van der Waals surface area contributed by atoms with Crippen molar-refractivity contribution in [3.8, 4) is 5.75 Å². The molecule has 0 amide bonds. The van der Waals surface area contributed by atoms with Gasteiger partial charge in [-0.25, -0.2) is 4.79 Å². The van der Waals surface area contributed by atoms with Crippen LogP contribution < -0.4 is 4.74 Å². The van der Waals surface area contributed by atoms with E-state index in [1.807, 2.05) is 0 Å². The molecule has 0 aromatic heterocycles. The van der Waals surface area contributed by atoms with Crippen LogP contribution in [0, 0.1) is 16.1 Å². The van der Waals surface area contributed by atoms with Gasteiger partial charge in [-0.05, 0) is 94.1 Å². The highest BCUT2D eigenvalue weighted by atomic mass is 127. The van der Waals surface area contributed by atoms with Gasteiger partial charge in [-0.2, -0.15) is 30.4 Å². The Labute approximate surface area is 238 Å². The number of ether oxygens (including phenoxy) is 3. The molecule has 0 aliphatic rings. The van der Waals surface area contributed by atoms with Gasteiger partial charge in [-0.1, -0.05) is 6.92 Å². The molecule has 17 heteroatoms. The third-order valence-corrected chi connectivity index (χ3v) is 9.43. The van der Waals surface area contributed by atoms with E-state index in [1.54, 1.807) is 66.0 Å². The number of carbonyl (C=O) groups excluding carboxylic acids is 2. The van der Waals surface area contributed by atoms with Crippen molar-refractivity contribution in [2.75, 3.05) is 13.2 Å². The Morgan fingerprint density at radius 2 is 1.60 bits per heavy atom. The second-order valence-electron chi connectivity index (χ2n) is 7.45. The molecule has 0 fully saturated rings. The average Bonchev–Trinajstić information content (AvgIpc) is 2.71. The second kappa shape index (κ2) is 12.0. The maximum Gasteiger partial charge on any atom is 0.432 e. The number of hydrogen-bond acceptors (Lipinski definition) is 7. The van der Waals surface area contributed by atoms with Gasteiger partial charge in [0.25, 0.3) is 6.10 Å². The van der Waals surface area contributed by atoms with Crippen LogP contribution >= 0.6 is 67.8 Å². The van der Waals surface area contributed by atoms with Gasteiger partial charge >= 0.3 is 33.5 Å². The first-order valence-corrected chi connectivity index (χ1v) is 14.0. The Bertz CT molecular complexity index is 1080. The number of rotatable bonds is 10. The van der Waals surface area contributed by atoms with Crippen molar-refractivity contribution in [3.63, 3.8) is 0 Å². The summed E-state index contributed by atoms with van der Waals surface area (Å²) in [5, 5.41) is -5.86. The van der Waals surface area contributed by atoms with Crippen LogP contribution in [0.2, 0.25) is 0 Å². The summed E-state index contributed by atoms with van der Waals surface area (Å²) in [6.45, 7) is 4.75. The van der Waals surface area contributed by atoms with Crippen LogP contribution in [-0.4, -0.2) is 55.7 Å². The van der Waals surface area contributed by atoms with Crippen molar-refractivity contribution in [2.24, 2.45) is 5.41 Å². The van der Waals surface area contributed by atoms with Gasteiger partial charge in [-0.15, -0.1) is 0 Å². The highest BCUT2D eigenvalue weighted by Crippen LogP contribution is 2.40. The van der Waals surface area contributed by atoms with E-state index >= 15 is 0 Å². The SMILES string of the molecule is CCC(C)(C)C(=O)OCCOc1c(I)c(I)cc(C(=O)OC(C(F)(F)F)C(F)(F)S(=O)(=O)O)c1I. The van der Waals surface area contributed by atoms with Crippen molar-refractivity contribution in [3.05, 3.63) is 22.3 Å². The standard InChI is InChI=1S/C18H18F5I3O8S/c1-4-16(2,3)15(28)33-6-5-32-12-10(25)8(7-9(24)11(12)26)13(27)34-14(17(19,20)21)18(22,23)35(29,30)31/h7,14H,4-6H2,1-3H3,(H,29,30,31). The molecule has 0 radical (unpaired) electrons. The zero-order valence-electron chi connectivity index (χ0n) is 18.0. The smallest absolute Gasteiger partial charge is 0.432 e. The summed E-state index contributed by atoms with van der Waals surface area (Å²) in [6.07, 6.45) is -10.00. The average molecular weight is 870 g/mol. The highest BCUT2D eigenvalue weighted by molar-refractivity contribution is 14.1. The molecule has 1 atom stereocenters. The Balaban J connectivity index is 3.21. The van der Waals surface area contributed by atoms with Gasteiger partial charge in [-0.3, -0.25) is 9.35 Å². The van der Waals surface area contributed by atoms with E-state index < -0.39 is 50.6 Å². The number of benzene rings is 1. The lowest BCUT2D eigenvalue weighted by molar-refractivity contribution is -0.248. The Morgan fingerprint density at radius 3 is 2.06 bits per heavy atom. The van der Waals surface area contributed by atoms with E-state index in [9.17, 15) is 40.0 Å². The summed E-state index contributed by atoms with van der Waals surface area (Å²) >= 11 is 5.02. The van der Waals surface area contributed by atoms with Crippen LogP contribution in [0.1, 0.15) is 37.6 Å². The second-order valence-corrected chi connectivity index (χ2v) is 12.3. The Hall–Kier alpha value is -0.290. The van der Waals surface area contributed by atoms with Gasteiger partial charge in [0.1, 0.15) is 19.0 Å². The maximum atomic E-state index is 13.8. The van der Waals surface area contributed by atoms with Gasteiger partial charge in [0.05, 0.1) is 18.1 Å². The minimum Gasteiger partial charge on any atom is -0.488 e. The molecule has 1 rings (SSSR count). The van der Waals surface area contributed by atoms with Crippen LogP contribution in [0.25, 0.3) is 0 Å². The van der Waals surface area contributed by atoms with Crippen LogP contribution in [0.15, 0.2) is 6.07 Å². The van der Waals surface area contributed by atoms with E-state index in [4.69, 9.17) is 14.0 Å². The largest absolute Gasteiger partial charge is 0.488 e. The summed E-state index contributed by atoms with van der Waals surface area (Å²) in [6, 6.07) is 1.03. The number of halogens is 8. The topological polar surface area (TPSA) is 116 Å². The van der Waals surface area contributed by atoms with Crippen molar-refractivity contribution in [1.82, 2.24) is 0 Å². The lowest BCUT2D eigenvalue weighted by Crippen LogP contribution is -2.52. The first kappa shape index (κ1) is 32.7. The van der Waals surface area contributed by atoms with E-state index in [0.717, 1.165) is 6.07 Å².